The van der Waals surface area contributed by atoms with Gasteiger partial charge in [-0.05, 0) is 18.4 Å². The quantitative estimate of drug-likeness (QED) is 0.698. The largest absolute Gasteiger partial charge is 0.390 e. The smallest absolute Gasteiger partial charge is 0.150 e. The molecular formula is C22H31N3O4. The zero-order valence-electron chi connectivity index (χ0n) is 16.8. The van der Waals surface area contributed by atoms with Crippen molar-refractivity contribution >= 4 is 0 Å². The normalized spacial score (nSPS) is 25.9. The Balaban J connectivity index is 1.23. The van der Waals surface area contributed by atoms with Crippen LogP contribution in [0.3, 0.4) is 0 Å². The number of benzene rings is 1. The van der Waals surface area contributed by atoms with Crippen molar-refractivity contribution in [1.29, 1.82) is 0 Å². The first-order valence-electron chi connectivity index (χ1n) is 10.6. The fourth-order valence-corrected chi connectivity index (χ4v) is 3.98. The Morgan fingerprint density at radius 2 is 1.97 bits per heavy atom. The Morgan fingerprint density at radius 1 is 1.14 bits per heavy atom. The van der Waals surface area contributed by atoms with Gasteiger partial charge in [0.1, 0.15) is 0 Å². The zero-order valence-corrected chi connectivity index (χ0v) is 16.8. The molecule has 2 saturated heterocycles. The number of aliphatic hydroxyl groups is 1. The fourth-order valence-electron chi connectivity index (χ4n) is 3.98. The van der Waals surface area contributed by atoms with E-state index in [1.807, 2.05) is 24.3 Å². The summed E-state index contributed by atoms with van der Waals surface area (Å²) in [7, 11) is 0. The number of hydrogen-bond donors (Lipinski definition) is 2. The van der Waals surface area contributed by atoms with Gasteiger partial charge in [0.15, 0.2) is 5.76 Å². The highest BCUT2D eigenvalue weighted by Crippen LogP contribution is 2.23. The molecular weight excluding hydrogens is 370 g/mol. The summed E-state index contributed by atoms with van der Waals surface area (Å²) in [5.41, 5.74) is 2.15. The van der Waals surface area contributed by atoms with Gasteiger partial charge in [-0.2, -0.15) is 0 Å². The van der Waals surface area contributed by atoms with Gasteiger partial charge < -0.3 is 24.4 Å². The number of aromatic nitrogens is 1. The van der Waals surface area contributed by atoms with E-state index in [1.165, 1.54) is 5.56 Å². The second-order valence-corrected chi connectivity index (χ2v) is 7.93. The second-order valence-electron chi connectivity index (χ2n) is 7.93. The molecule has 1 aromatic carbocycles. The van der Waals surface area contributed by atoms with E-state index in [1.54, 1.807) is 0 Å². The minimum atomic E-state index is -0.427. The number of morpholine rings is 1. The van der Waals surface area contributed by atoms with E-state index in [4.69, 9.17) is 14.0 Å². The monoisotopic (exact) mass is 401 g/mol. The van der Waals surface area contributed by atoms with Gasteiger partial charge in [0.05, 0.1) is 43.8 Å². The maximum Gasteiger partial charge on any atom is 0.150 e. The predicted octanol–water partition coefficient (Wildman–Crippen LogP) is 1.75. The van der Waals surface area contributed by atoms with Crippen molar-refractivity contribution in [1.82, 2.24) is 15.4 Å². The Bertz CT molecular complexity index is 733. The van der Waals surface area contributed by atoms with Crippen LogP contribution in [-0.2, 0) is 29.0 Å². The summed E-state index contributed by atoms with van der Waals surface area (Å²) >= 11 is 0. The molecule has 0 saturated carbocycles. The first-order valence-corrected chi connectivity index (χ1v) is 10.6. The molecule has 2 aliphatic heterocycles. The molecule has 2 aromatic rings. The Morgan fingerprint density at radius 3 is 2.79 bits per heavy atom. The average Bonchev–Trinajstić information content (AvgIpc) is 3.18. The number of aliphatic hydroxyl groups excluding tert-OH is 1. The van der Waals surface area contributed by atoms with Crippen LogP contribution in [0.5, 0.6) is 0 Å². The molecule has 0 bridgehead atoms. The third-order valence-electron chi connectivity index (χ3n) is 5.63. The van der Waals surface area contributed by atoms with Crippen molar-refractivity contribution in [3.63, 3.8) is 0 Å². The second kappa shape index (κ2) is 10.3. The van der Waals surface area contributed by atoms with Crippen LogP contribution in [0.15, 0.2) is 40.9 Å². The lowest BCUT2D eigenvalue weighted by Crippen LogP contribution is -2.45. The lowest BCUT2D eigenvalue weighted by atomic mass is 9.98. The number of rotatable bonds is 8. The van der Waals surface area contributed by atoms with E-state index in [-0.39, 0.29) is 12.2 Å². The molecule has 29 heavy (non-hydrogen) atoms. The maximum atomic E-state index is 10.3. The summed E-state index contributed by atoms with van der Waals surface area (Å²) in [5.74, 6) is 0.888. The summed E-state index contributed by atoms with van der Waals surface area (Å²) < 4.78 is 17.1. The molecule has 158 valence electrons. The van der Waals surface area contributed by atoms with Crippen molar-refractivity contribution in [3.8, 4) is 0 Å². The van der Waals surface area contributed by atoms with E-state index in [2.05, 4.69) is 27.5 Å². The lowest BCUT2D eigenvalue weighted by molar-refractivity contribution is -0.115. The van der Waals surface area contributed by atoms with E-state index < -0.39 is 6.10 Å². The van der Waals surface area contributed by atoms with Gasteiger partial charge in [0, 0.05) is 38.7 Å². The number of ether oxygens (including phenoxy) is 2. The molecule has 0 amide bonds. The van der Waals surface area contributed by atoms with E-state index in [0.717, 1.165) is 63.7 Å². The molecule has 7 heteroatoms. The standard InChI is InChI=1S/C22H31N3O4/c26-21-7-6-19(28-22(21)15-23-14-17-4-2-1-3-5-17)12-18-13-20(29-24-18)16-25-8-10-27-11-9-25/h1-5,13,19,21-23,26H,6-12,14-16H2. The molecule has 0 aliphatic carbocycles. The Kier molecular flexibility index (Phi) is 7.29. The third-order valence-corrected chi connectivity index (χ3v) is 5.63. The van der Waals surface area contributed by atoms with Crippen molar-refractivity contribution in [2.24, 2.45) is 0 Å². The summed E-state index contributed by atoms with van der Waals surface area (Å²) in [6.07, 6.45) is 1.74. The minimum Gasteiger partial charge on any atom is -0.390 e. The van der Waals surface area contributed by atoms with Crippen molar-refractivity contribution in [2.75, 3.05) is 32.8 Å². The summed E-state index contributed by atoms with van der Waals surface area (Å²) in [5, 5.41) is 18.0. The Hall–Kier alpha value is -1.77. The van der Waals surface area contributed by atoms with Crippen LogP contribution in [-0.4, -0.2) is 66.3 Å². The maximum absolute atomic E-state index is 10.3. The van der Waals surface area contributed by atoms with Gasteiger partial charge in [-0.15, -0.1) is 0 Å². The van der Waals surface area contributed by atoms with Crippen molar-refractivity contribution < 1.29 is 19.1 Å². The van der Waals surface area contributed by atoms with Gasteiger partial charge in [-0.1, -0.05) is 35.5 Å². The molecule has 2 fully saturated rings. The summed E-state index contributed by atoms with van der Waals surface area (Å²) in [6.45, 7) is 5.58. The molecule has 4 rings (SSSR count). The SMILES string of the molecule is OC1CCC(Cc2cc(CN3CCOCC3)on2)OC1CNCc1ccccc1. The average molecular weight is 402 g/mol. The minimum absolute atomic E-state index is 0.0586. The predicted molar refractivity (Wildman–Crippen MR) is 108 cm³/mol. The van der Waals surface area contributed by atoms with Gasteiger partial charge in [-0.3, -0.25) is 4.90 Å². The molecule has 3 unspecified atom stereocenters. The molecule has 2 N–H and O–H groups in total. The highest BCUT2D eigenvalue weighted by molar-refractivity contribution is 5.14. The van der Waals surface area contributed by atoms with Gasteiger partial charge in [-0.25, -0.2) is 0 Å². The van der Waals surface area contributed by atoms with Crippen LogP contribution in [0.25, 0.3) is 0 Å². The molecule has 0 spiro atoms. The Labute approximate surface area is 172 Å². The first kappa shape index (κ1) is 20.5. The van der Waals surface area contributed by atoms with E-state index >= 15 is 0 Å². The highest BCUT2D eigenvalue weighted by Gasteiger charge is 2.30. The van der Waals surface area contributed by atoms with Gasteiger partial charge in [0.2, 0.25) is 0 Å². The van der Waals surface area contributed by atoms with Crippen LogP contribution in [0.4, 0.5) is 0 Å². The highest BCUT2D eigenvalue weighted by atomic mass is 16.5. The van der Waals surface area contributed by atoms with Crippen molar-refractivity contribution in [2.45, 2.75) is 50.7 Å². The molecule has 1 aromatic heterocycles. The molecule has 3 atom stereocenters. The van der Waals surface area contributed by atoms with E-state index in [0.29, 0.717) is 13.0 Å². The topological polar surface area (TPSA) is 80.0 Å². The molecule has 3 heterocycles. The first-order chi connectivity index (χ1) is 14.3. The number of nitrogens with one attached hydrogen (secondary N) is 1. The molecule has 2 aliphatic rings. The fraction of sp³-hybridized carbons (Fsp3) is 0.591. The van der Waals surface area contributed by atoms with Crippen molar-refractivity contribution in [3.05, 3.63) is 53.4 Å². The van der Waals surface area contributed by atoms with Gasteiger partial charge >= 0.3 is 0 Å². The van der Waals surface area contributed by atoms with Crippen LogP contribution in [0, 0.1) is 0 Å². The van der Waals surface area contributed by atoms with Crippen LogP contribution in [0.1, 0.15) is 29.9 Å². The van der Waals surface area contributed by atoms with Crippen LogP contribution < -0.4 is 5.32 Å². The molecule has 0 radical (unpaired) electrons. The lowest BCUT2D eigenvalue weighted by Gasteiger charge is -2.34. The summed E-state index contributed by atoms with van der Waals surface area (Å²) in [4.78, 5) is 2.32. The zero-order chi connectivity index (χ0) is 19.9. The molecule has 7 nitrogen and oxygen atoms in total. The third kappa shape index (κ3) is 6.10. The number of nitrogens with zero attached hydrogens (tertiary/aromatic N) is 2. The van der Waals surface area contributed by atoms with Crippen LogP contribution >= 0.6 is 0 Å². The van der Waals surface area contributed by atoms with E-state index in [9.17, 15) is 5.11 Å². The van der Waals surface area contributed by atoms with Gasteiger partial charge in [0.25, 0.3) is 0 Å². The summed E-state index contributed by atoms with van der Waals surface area (Å²) in [6, 6.07) is 12.3. The van der Waals surface area contributed by atoms with Crippen LogP contribution in [0.2, 0.25) is 0 Å². The number of hydrogen-bond acceptors (Lipinski definition) is 7.